The second-order valence-corrected chi connectivity index (χ2v) is 5.96. The number of nitrogens with one attached hydrogen (secondary N) is 1. The Morgan fingerprint density at radius 2 is 2.10 bits per heavy atom. The van der Waals surface area contributed by atoms with E-state index < -0.39 is 0 Å². The third-order valence-electron chi connectivity index (χ3n) is 2.92. The molecule has 1 amide bonds. The highest BCUT2D eigenvalue weighted by Gasteiger charge is 2.09. The van der Waals surface area contributed by atoms with Gasteiger partial charge in [0.05, 0.1) is 11.5 Å². The molecule has 0 fully saturated rings. The molecule has 0 saturated carbocycles. The molecule has 0 radical (unpaired) electrons. The van der Waals surface area contributed by atoms with Gasteiger partial charge in [-0.1, -0.05) is 17.9 Å². The van der Waals surface area contributed by atoms with Crippen LogP contribution in [0.15, 0.2) is 30.3 Å². The minimum atomic E-state index is -0.100. The van der Waals surface area contributed by atoms with Crippen LogP contribution in [0.5, 0.6) is 0 Å². The van der Waals surface area contributed by atoms with E-state index in [1.165, 1.54) is 11.3 Å². The smallest absolute Gasteiger partial charge is 0.265 e. The Labute approximate surface area is 128 Å². The Balaban J connectivity index is 2.17. The fourth-order valence-electron chi connectivity index (χ4n) is 1.80. The van der Waals surface area contributed by atoms with E-state index in [2.05, 4.69) is 17.2 Å². The fraction of sp³-hybridized carbons (Fsp3) is 0.235. The van der Waals surface area contributed by atoms with Gasteiger partial charge in [0.15, 0.2) is 0 Å². The highest BCUT2D eigenvalue weighted by atomic mass is 32.1. The predicted octanol–water partition coefficient (Wildman–Crippen LogP) is 3.35. The molecule has 21 heavy (non-hydrogen) atoms. The van der Waals surface area contributed by atoms with Crippen LogP contribution in [0.3, 0.4) is 0 Å². The maximum Gasteiger partial charge on any atom is 0.265 e. The Bertz CT molecular complexity index is 707. The highest BCUT2D eigenvalue weighted by Crippen LogP contribution is 2.20. The van der Waals surface area contributed by atoms with Gasteiger partial charge in [0, 0.05) is 22.5 Å². The largest absolute Gasteiger partial charge is 0.395 e. The minimum absolute atomic E-state index is 0.0557. The quantitative estimate of drug-likeness (QED) is 0.854. The van der Waals surface area contributed by atoms with Crippen LogP contribution in [0.1, 0.15) is 32.1 Å². The minimum Gasteiger partial charge on any atom is -0.395 e. The summed E-state index contributed by atoms with van der Waals surface area (Å²) < 4.78 is 0. The van der Waals surface area contributed by atoms with Gasteiger partial charge in [-0.25, -0.2) is 0 Å². The number of rotatable bonds is 3. The van der Waals surface area contributed by atoms with Crippen LogP contribution < -0.4 is 5.32 Å². The summed E-state index contributed by atoms with van der Waals surface area (Å²) in [7, 11) is 0. The number of benzene rings is 1. The lowest BCUT2D eigenvalue weighted by molar-refractivity contribution is 0.103. The molecule has 0 bridgehead atoms. The van der Waals surface area contributed by atoms with Crippen molar-refractivity contribution in [1.82, 2.24) is 0 Å². The van der Waals surface area contributed by atoms with Gasteiger partial charge in [-0.15, -0.1) is 11.3 Å². The second-order valence-electron chi connectivity index (χ2n) is 4.67. The molecule has 2 aromatic rings. The van der Waals surface area contributed by atoms with Crippen molar-refractivity contribution >= 4 is 22.9 Å². The van der Waals surface area contributed by atoms with Crippen LogP contribution in [0.2, 0.25) is 0 Å². The van der Waals surface area contributed by atoms with E-state index in [0.717, 1.165) is 21.7 Å². The fourth-order valence-corrected chi connectivity index (χ4v) is 2.56. The van der Waals surface area contributed by atoms with E-state index in [-0.39, 0.29) is 12.5 Å². The topological polar surface area (TPSA) is 49.3 Å². The number of aliphatic hydroxyl groups excluding tert-OH is 1. The first-order chi connectivity index (χ1) is 10.1. The third kappa shape index (κ3) is 4.19. The van der Waals surface area contributed by atoms with Crippen molar-refractivity contribution in [2.75, 3.05) is 11.9 Å². The van der Waals surface area contributed by atoms with Crippen LogP contribution in [0, 0.1) is 25.7 Å². The molecule has 3 nitrogen and oxygen atoms in total. The van der Waals surface area contributed by atoms with Gasteiger partial charge in [-0.3, -0.25) is 4.79 Å². The van der Waals surface area contributed by atoms with Crippen molar-refractivity contribution in [1.29, 1.82) is 0 Å². The summed E-state index contributed by atoms with van der Waals surface area (Å²) in [5.74, 6) is 5.75. The predicted molar refractivity (Wildman–Crippen MR) is 86.8 cm³/mol. The standard InChI is InChI=1S/C17H17NO2S/c1-12-6-8-14(5-3-4-10-19)11-15(12)18-17(20)16-9-7-13(2)21-16/h6-9,11,19H,4,10H2,1-2H3,(H,18,20). The molecule has 0 unspecified atom stereocenters. The molecular formula is C17H17NO2S. The monoisotopic (exact) mass is 299 g/mol. The van der Waals surface area contributed by atoms with Crippen molar-refractivity contribution in [3.63, 3.8) is 0 Å². The molecular weight excluding hydrogens is 282 g/mol. The van der Waals surface area contributed by atoms with Crippen LogP contribution in [-0.2, 0) is 0 Å². The normalized spacial score (nSPS) is 9.86. The molecule has 1 aromatic heterocycles. The lowest BCUT2D eigenvalue weighted by Crippen LogP contribution is -2.11. The van der Waals surface area contributed by atoms with Gasteiger partial charge in [0.1, 0.15) is 0 Å². The highest BCUT2D eigenvalue weighted by molar-refractivity contribution is 7.14. The molecule has 1 heterocycles. The van der Waals surface area contributed by atoms with Crippen molar-refractivity contribution in [3.8, 4) is 11.8 Å². The van der Waals surface area contributed by atoms with Crippen molar-refractivity contribution in [2.24, 2.45) is 0 Å². The van der Waals surface area contributed by atoms with E-state index in [1.54, 1.807) is 0 Å². The molecule has 4 heteroatoms. The average molecular weight is 299 g/mol. The number of carbonyl (C=O) groups is 1. The maximum atomic E-state index is 12.2. The first-order valence-electron chi connectivity index (χ1n) is 6.68. The van der Waals surface area contributed by atoms with Gasteiger partial charge < -0.3 is 10.4 Å². The van der Waals surface area contributed by atoms with Gasteiger partial charge in [0.25, 0.3) is 5.91 Å². The molecule has 0 aliphatic carbocycles. The van der Waals surface area contributed by atoms with Crippen LogP contribution >= 0.6 is 11.3 Å². The summed E-state index contributed by atoms with van der Waals surface area (Å²) in [5, 5.41) is 11.7. The number of hydrogen-bond acceptors (Lipinski definition) is 3. The average Bonchev–Trinajstić information content (AvgIpc) is 2.89. The molecule has 0 aliphatic heterocycles. The molecule has 2 N–H and O–H groups in total. The van der Waals surface area contributed by atoms with Crippen molar-refractivity contribution in [3.05, 3.63) is 51.2 Å². The summed E-state index contributed by atoms with van der Waals surface area (Å²) >= 11 is 1.47. The number of carbonyl (C=O) groups excluding carboxylic acids is 1. The molecule has 0 saturated heterocycles. The maximum absolute atomic E-state index is 12.2. The number of hydrogen-bond donors (Lipinski definition) is 2. The summed E-state index contributed by atoms with van der Waals surface area (Å²) in [4.78, 5) is 14.0. The van der Waals surface area contributed by atoms with Gasteiger partial charge in [-0.05, 0) is 43.7 Å². The number of thiophene rings is 1. The number of aliphatic hydroxyl groups is 1. The van der Waals surface area contributed by atoms with Gasteiger partial charge in [-0.2, -0.15) is 0 Å². The number of aryl methyl sites for hydroxylation is 2. The Kier molecular flexibility index (Phi) is 5.15. The first-order valence-corrected chi connectivity index (χ1v) is 7.50. The van der Waals surface area contributed by atoms with Crippen molar-refractivity contribution in [2.45, 2.75) is 20.3 Å². The number of amides is 1. The Morgan fingerprint density at radius 1 is 1.29 bits per heavy atom. The first kappa shape index (κ1) is 15.3. The lowest BCUT2D eigenvalue weighted by Gasteiger charge is -2.08. The molecule has 2 rings (SSSR count). The molecule has 0 aliphatic rings. The summed E-state index contributed by atoms with van der Waals surface area (Å²) in [6, 6.07) is 9.46. The van der Waals surface area contributed by atoms with Gasteiger partial charge in [0.2, 0.25) is 0 Å². The van der Waals surface area contributed by atoms with Crippen LogP contribution in [0.25, 0.3) is 0 Å². The molecule has 108 valence electrons. The zero-order valence-electron chi connectivity index (χ0n) is 12.1. The van der Waals surface area contributed by atoms with Crippen LogP contribution in [0.4, 0.5) is 5.69 Å². The third-order valence-corrected chi connectivity index (χ3v) is 3.92. The van der Waals surface area contributed by atoms with E-state index in [0.29, 0.717) is 11.3 Å². The van der Waals surface area contributed by atoms with Crippen molar-refractivity contribution < 1.29 is 9.90 Å². The van der Waals surface area contributed by atoms with E-state index in [4.69, 9.17) is 5.11 Å². The van der Waals surface area contributed by atoms with Gasteiger partial charge >= 0.3 is 0 Å². The summed E-state index contributed by atoms with van der Waals surface area (Å²) in [5.41, 5.74) is 2.58. The van der Waals surface area contributed by atoms with Crippen LogP contribution in [-0.4, -0.2) is 17.6 Å². The summed E-state index contributed by atoms with van der Waals surface area (Å²) in [6.45, 7) is 3.98. The lowest BCUT2D eigenvalue weighted by atomic mass is 10.1. The zero-order valence-corrected chi connectivity index (χ0v) is 12.9. The molecule has 1 aromatic carbocycles. The summed E-state index contributed by atoms with van der Waals surface area (Å²) in [6.07, 6.45) is 0.448. The zero-order chi connectivity index (χ0) is 15.2. The molecule has 0 spiro atoms. The Morgan fingerprint density at radius 3 is 2.76 bits per heavy atom. The second kappa shape index (κ2) is 7.07. The van der Waals surface area contributed by atoms with E-state index in [1.807, 2.05) is 44.2 Å². The SMILES string of the molecule is Cc1ccc(C(=O)Nc2cc(C#CCCO)ccc2C)s1. The molecule has 0 atom stereocenters. The number of anilines is 1. The van der Waals surface area contributed by atoms with E-state index >= 15 is 0 Å². The van der Waals surface area contributed by atoms with E-state index in [9.17, 15) is 4.79 Å². The Hall–Kier alpha value is -2.09.